The molecule has 0 unspecified atom stereocenters. The lowest BCUT2D eigenvalue weighted by Gasteiger charge is -2.19. The van der Waals surface area contributed by atoms with Crippen molar-refractivity contribution in [3.05, 3.63) is 29.8 Å². The van der Waals surface area contributed by atoms with E-state index < -0.39 is 10.0 Å². The number of sulfonamides is 1. The third-order valence-corrected chi connectivity index (χ3v) is 4.99. The van der Waals surface area contributed by atoms with E-state index in [1.807, 2.05) is 0 Å². The molecule has 0 spiro atoms. The Morgan fingerprint density at radius 1 is 1.24 bits per heavy atom. The third kappa shape index (κ3) is 3.82. The summed E-state index contributed by atoms with van der Waals surface area (Å²) in [6.07, 6.45) is 0.166. The Balaban J connectivity index is 2.20. The van der Waals surface area contributed by atoms with Crippen LogP contribution in [0.25, 0.3) is 0 Å². The monoisotopic (exact) mass is 308 g/mol. The number of hydrogen-bond donors (Lipinski definition) is 2. The molecule has 0 saturated carbocycles. The van der Waals surface area contributed by atoms with Crippen molar-refractivity contribution in [3.63, 3.8) is 0 Å². The standard InChI is InChI=1S/C14H16N2O4S/c17-11-1-2-12-3-5-13(6-4-12)21(19,20)16-9-7-14(18)15-8-10-16/h3-6,17H,7-11H2,(H,15,18). The van der Waals surface area contributed by atoms with E-state index in [1.54, 1.807) is 12.1 Å². The van der Waals surface area contributed by atoms with Crippen molar-refractivity contribution in [3.8, 4) is 11.8 Å². The Labute approximate surface area is 123 Å². The van der Waals surface area contributed by atoms with Crippen molar-refractivity contribution in [2.24, 2.45) is 0 Å². The quantitative estimate of drug-likeness (QED) is 0.724. The molecular formula is C14H16N2O4S. The highest BCUT2D eigenvalue weighted by Gasteiger charge is 2.26. The number of carbonyl (C=O) groups excluding carboxylic acids is 1. The third-order valence-electron chi connectivity index (χ3n) is 3.08. The van der Waals surface area contributed by atoms with Crippen LogP contribution in [0.4, 0.5) is 0 Å². The maximum atomic E-state index is 12.5. The molecule has 0 radical (unpaired) electrons. The normalized spacial score (nSPS) is 16.5. The van der Waals surface area contributed by atoms with Gasteiger partial charge in [0.2, 0.25) is 15.9 Å². The molecule has 2 N–H and O–H groups in total. The molecule has 112 valence electrons. The summed E-state index contributed by atoms with van der Waals surface area (Å²) in [5, 5.41) is 11.3. The molecule has 0 aromatic heterocycles. The van der Waals surface area contributed by atoms with Crippen LogP contribution in [-0.2, 0) is 14.8 Å². The summed E-state index contributed by atoms with van der Waals surface area (Å²) in [4.78, 5) is 11.4. The van der Waals surface area contributed by atoms with Crippen LogP contribution in [-0.4, -0.2) is 50.0 Å². The smallest absolute Gasteiger partial charge is 0.243 e. The highest BCUT2D eigenvalue weighted by atomic mass is 32.2. The van der Waals surface area contributed by atoms with E-state index in [1.165, 1.54) is 16.4 Å². The average Bonchev–Trinajstić information content (AvgIpc) is 2.70. The first-order chi connectivity index (χ1) is 10.0. The molecule has 0 bridgehead atoms. The van der Waals surface area contributed by atoms with E-state index in [-0.39, 0.29) is 36.9 Å². The lowest BCUT2D eigenvalue weighted by Crippen LogP contribution is -2.34. The molecule has 1 aromatic rings. The number of nitrogens with zero attached hydrogens (tertiary/aromatic N) is 1. The largest absolute Gasteiger partial charge is 0.384 e. The number of amides is 1. The zero-order chi connectivity index (χ0) is 15.3. The maximum Gasteiger partial charge on any atom is 0.243 e. The molecule has 0 aliphatic carbocycles. The minimum atomic E-state index is -3.60. The van der Waals surface area contributed by atoms with Gasteiger partial charge in [-0.25, -0.2) is 8.42 Å². The fourth-order valence-corrected chi connectivity index (χ4v) is 3.43. The van der Waals surface area contributed by atoms with Gasteiger partial charge in [-0.1, -0.05) is 11.8 Å². The van der Waals surface area contributed by atoms with Crippen LogP contribution in [0.3, 0.4) is 0 Å². The lowest BCUT2D eigenvalue weighted by atomic mass is 10.2. The number of aliphatic hydroxyl groups excluding tert-OH is 1. The van der Waals surface area contributed by atoms with Crippen LogP contribution in [0.1, 0.15) is 12.0 Å². The van der Waals surface area contributed by atoms with Gasteiger partial charge in [-0.3, -0.25) is 4.79 Å². The van der Waals surface area contributed by atoms with Gasteiger partial charge in [0.1, 0.15) is 6.61 Å². The van der Waals surface area contributed by atoms with Crippen LogP contribution < -0.4 is 5.32 Å². The van der Waals surface area contributed by atoms with E-state index in [9.17, 15) is 13.2 Å². The van der Waals surface area contributed by atoms with Gasteiger partial charge in [-0.15, -0.1) is 0 Å². The van der Waals surface area contributed by atoms with Gasteiger partial charge in [-0.2, -0.15) is 4.31 Å². The fraction of sp³-hybridized carbons (Fsp3) is 0.357. The first-order valence-corrected chi connectivity index (χ1v) is 7.94. The molecular weight excluding hydrogens is 292 g/mol. The number of nitrogens with one attached hydrogen (secondary N) is 1. The topological polar surface area (TPSA) is 86.7 Å². The van der Waals surface area contributed by atoms with Gasteiger partial charge >= 0.3 is 0 Å². The molecule has 6 nitrogen and oxygen atoms in total. The Morgan fingerprint density at radius 2 is 1.95 bits per heavy atom. The van der Waals surface area contributed by atoms with Gasteiger partial charge in [0.15, 0.2) is 0 Å². The molecule has 1 amide bonds. The van der Waals surface area contributed by atoms with Crippen LogP contribution in [0.2, 0.25) is 0 Å². The lowest BCUT2D eigenvalue weighted by molar-refractivity contribution is -0.120. The van der Waals surface area contributed by atoms with Crippen molar-refractivity contribution in [1.82, 2.24) is 9.62 Å². The second kappa shape index (κ2) is 6.72. The predicted octanol–water partition coefficient (Wildman–Crippen LogP) is -0.459. The number of aliphatic hydroxyl groups is 1. The van der Waals surface area contributed by atoms with Crippen LogP contribution in [0.5, 0.6) is 0 Å². The SMILES string of the molecule is O=C1CCN(S(=O)(=O)c2ccc(C#CCO)cc2)CCN1. The van der Waals surface area contributed by atoms with Gasteiger partial charge in [0.25, 0.3) is 0 Å². The molecule has 1 saturated heterocycles. The van der Waals surface area contributed by atoms with Crippen molar-refractivity contribution in [1.29, 1.82) is 0 Å². The first-order valence-electron chi connectivity index (χ1n) is 6.50. The molecule has 0 atom stereocenters. The molecule has 7 heteroatoms. The van der Waals surface area contributed by atoms with E-state index in [2.05, 4.69) is 17.2 Å². The van der Waals surface area contributed by atoms with Crippen LogP contribution in [0, 0.1) is 11.8 Å². The second-order valence-electron chi connectivity index (χ2n) is 4.49. The first kappa shape index (κ1) is 15.5. The second-order valence-corrected chi connectivity index (χ2v) is 6.43. The zero-order valence-corrected chi connectivity index (χ0v) is 12.2. The van der Waals surface area contributed by atoms with E-state index >= 15 is 0 Å². The predicted molar refractivity (Wildman–Crippen MR) is 76.8 cm³/mol. The highest BCUT2D eigenvalue weighted by molar-refractivity contribution is 7.89. The molecule has 1 aromatic carbocycles. The Kier molecular flexibility index (Phi) is 4.96. The number of benzene rings is 1. The summed E-state index contributed by atoms with van der Waals surface area (Å²) >= 11 is 0. The van der Waals surface area contributed by atoms with Crippen LogP contribution in [0.15, 0.2) is 29.2 Å². The Morgan fingerprint density at radius 3 is 2.62 bits per heavy atom. The molecule has 1 aliphatic rings. The maximum absolute atomic E-state index is 12.5. The molecule has 1 heterocycles. The van der Waals surface area contributed by atoms with E-state index in [4.69, 9.17) is 5.11 Å². The van der Waals surface area contributed by atoms with Crippen LogP contribution >= 0.6 is 0 Å². The number of hydrogen-bond acceptors (Lipinski definition) is 4. The summed E-state index contributed by atoms with van der Waals surface area (Å²) in [5.41, 5.74) is 0.635. The summed E-state index contributed by atoms with van der Waals surface area (Å²) in [6.45, 7) is 0.521. The molecule has 21 heavy (non-hydrogen) atoms. The summed E-state index contributed by atoms with van der Waals surface area (Å²) in [7, 11) is -3.60. The summed E-state index contributed by atoms with van der Waals surface area (Å²) in [6, 6.07) is 6.15. The Bertz CT molecular complexity index is 671. The minimum absolute atomic E-state index is 0.137. The minimum Gasteiger partial charge on any atom is -0.384 e. The van der Waals surface area contributed by atoms with Gasteiger partial charge < -0.3 is 10.4 Å². The fourth-order valence-electron chi connectivity index (χ4n) is 1.99. The number of rotatable bonds is 2. The molecule has 1 fully saturated rings. The van der Waals surface area contributed by atoms with Crippen molar-refractivity contribution in [2.45, 2.75) is 11.3 Å². The van der Waals surface area contributed by atoms with E-state index in [0.717, 1.165) is 0 Å². The van der Waals surface area contributed by atoms with Crippen molar-refractivity contribution < 1.29 is 18.3 Å². The molecule has 1 aliphatic heterocycles. The van der Waals surface area contributed by atoms with E-state index in [0.29, 0.717) is 12.1 Å². The highest BCUT2D eigenvalue weighted by Crippen LogP contribution is 2.17. The zero-order valence-electron chi connectivity index (χ0n) is 11.4. The van der Waals surface area contributed by atoms with Crippen molar-refractivity contribution >= 4 is 15.9 Å². The summed E-state index contributed by atoms with van der Waals surface area (Å²) < 4.78 is 26.3. The number of carbonyl (C=O) groups is 1. The van der Waals surface area contributed by atoms with Gasteiger partial charge in [0, 0.05) is 31.6 Å². The average molecular weight is 308 g/mol. The van der Waals surface area contributed by atoms with Gasteiger partial charge in [-0.05, 0) is 24.3 Å². The summed E-state index contributed by atoms with van der Waals surface area (Å²) in [5.74, 6) is 5.07. The van der Waals surface area contributed by atoms with Crippen molar-refractivity contribution in [2.75, 3.05) is 26.2 Å². The van der Waals surface area contributed by atoms with Gasteiger partial charge in [0.05, 0.1) is 4.90 Å². The Hall–Kier alpha value is -1.88. The molecule has 2 rings (SSSR count).